The number of aromatic nitrogens is 1. The molecule has 1 aliphatic rings. The number of rotatable bonds is 8. The van der Waals surface area contributed by atoms with Crippen molar-refractivity contribution in [1.29, 1.82) is 0 Å². The van der Waals surface area contributed by atoms with E-state index in [1.165, 1.54) is 33.2 Å². The van der Waals surface area contributed by atoms with E-state index in [1.54, 1.807) is 0 Å². The van der Waals surface area contributed by atoms with Crippen LogP contribution < -0.4 is 14.8 Å². The number of hydrogen-bond acceptors (Lipinski definition) is 3. The molecule has 1 aliphatic heterocycles. The topological polar surface area (TPSA) is 52.5 Å². The first-order valence-corrected chi connectivity index (χ1v) is 13.4. The normalized spacial score (nSPS) is 13.0. The fourth-order valence-corrected chi connectivity index (χ4v) is 5.38. The lowest BCUT2D eigenvalue weighted by atomic mass is 9.87. The van der Waals surface area contributed by atoms with Gasteiger partial charge in [0.05, 0.1) is 0 Å². The highest BCUT2D eigenvalue weighted by Gasteiger charge is 2.23. The van der Waals surface area contributed by atoms with E-state index < -0.39 is 0 Å². The van der Waals surface area contributed by atoms with Crippen molar-refractivity contribution in [3.05, 3.63) is 131 Å². The lowest BCUT2D eigenvalue weighted by molar-refractivity contribution is -0.121. The number of amides is 1. The van der Waals surface area contributed by atoms with Gasteiger partial charge in [0.15, 0.2) is 11.5 Å². The average molecular weight is 517 g/mol. The van der Waals surface area contributed by atoms with Crippen molar-refractivity contribution in [2.75, 3.05) is 6.79 Å². The fourth-order valence-electron chi connectivity index (χ4n) is 5.38. The molecule has 39 heavy (non-hydrogen) atoms. The van der Waals surface area contributed by atoms with Gasteiger partial charge in [-0.2, -0.15) is 0 Å². The Morgan fingerprint density at radius 3 is 2.49 bits per heavy atom. The third-order valence-electron chi connectivity index (χ3n) is 7.43. The number of fused-ring (bicyclic) bond motifs is 2. The summed E-state index contributed by atoms with van der Waals surface area (Å²) in [6, 6.07) is 31.5. The molecule has 6 rings (SSSR count). The monoisotopic (exact) mass is 516 g/mol. The molecule has 5 nitrogen and oxygen atoms in total. The maximum absolute atomic E-state index is 13.4. The molecule has 0 bridgehead atoms. The summed E-state index contributed by atoms with van der Waals surface area (Å²) in [6.07, 6.45) is 2.59. The molecule has 1 atom stereocenters. The van der Waals surface area contributed by atoms with Gasteiger partial charge in [0.2, 0.25) is 12.7 Å². The average Bonchev–Trinajstić information content (AvgIpc) is 3.56. The van der Waals surface area contributed by atoms with Crippen molar-refractivity contribution in [3.63, 3.8) is 0 Å². The van der Waals surface area contributed by atoms with Crippen molar-refractivity contribution >= 4 is 16.8 Å². The van der Waals surface area contributed by atoms with Crippen molar-refractivity contribution in [3.8, 4) is 11.5 Å². The molecule has 1 aromatic heterocycles. The molecule has 4 aromatic carbocycles. The number of nitrogens with one attached hydrogen (secondary N) is 1. The van der Waals surface area contributed by atoms with Gasteiger partial charge in [-0.25, -0.2) is 0 Å². The van der Waals surface area contributed by atoms with Gasteiger partial charge in [0.1, 0.15) is 0 Å². The van der Waals surface area contributed by atoms with Gasteiger partial charge in [-0.05, 0) is 54.3 Å². The van der Waals surface area contributed by atoms with Crippen LogP contribution in [0.25, 0.3) is 10.9 Å². The predicted octanol–water partition coefficient (Wildman–Crippen LogP) is 6.87. The highest BCUT2D eigenvalue weighted by atomic mass is 16.7. The number of ether oxygens (including phenoxy) is 2. The first kappa shape index (κ1) is 24.8. The van der Waals surface area contributed by atoms with Crippen LogP contribution in [0.2, 0.25) is 0 Å². The standard InChI is InChI=1S/C34H32N2O3/c1-23-10-12-25(13-11-23)20-36-21-30(28-8-3-4-9-31(28)36)29(27-7-5-6-24(2)16-27)18-34(37)35-19-26-14-15-32-33(17-26)39-22-38-32/h3-17,21,29H,18-20,22H2,1-2H3,(H,35,37)/t29-/m0/s1. The largest absolute Gasteiger partial charge is 0.454 e. The second-order valence-corrected chi connectivity index (χ2v) is 10.4. The molecule has 196 valence electrons. The second-order valence-electron chi connectivity index (χ2n) is 10.4. The van der Waals surface area contributed by atoms with Crippen LogP contribution in [0.4, 0.5) is 0 Å². The highest BCUT2D eigenvalue weighted by Crippen LogP contribution is 2.36. The summed E-state index contributed by atoms with van der Waals surface area (Å²) in [6.45, 7) is 5.65. The summed E-state index contributed by atoms with van der Waals surface area (Å²) >= 11 is 0. The van der Waals surface area contributed by atoms with Crippen molar-refractivity contribution in [2.45, 2.75) is 39.3 Å². The number of nitrogens with zero attached hydrogens (tertiary/aromatic N) is 1. The molecular weight excluding hydrogens is 484 g/mol. The third-order valence-corrected chi connectivity index (χ3v) is 7.43. The molecule has 0 fully saturated rings. The fraction of sp³-hybridized carbons (Fsp3) is 0.206. The zero-order chi connectivity index (χ0) is 26.8. The first-order chi connectivity index (χ1) is 19.0. The molecule has 0 radical (unpaired) electrons. The smallest absolute Gasteiger partial charge is 0.231 e. The Bertz CT molecular complexity index is 1630. The number of carbonyl (C=O) groups excluding carboxylic acids is 1. The molecule has 5 heteroatoms. The molecule has 0 saturated carbocycles. The minimum atomic E-state index is -0.0779. The van der Waals surface area contributed by atoms with Gasteiger partial charge >= 0.3 is 0 Å². The number of aryl methyl sites for hydroxylation is 2. The van der Waals surface area contributed by atoms with E-state index in [-0.39, 0.29) is 18.6 Å². The number of hydrogen-bond donors (Lipinski definition) is 1. The zero-order valence-corrected chi connectivity index (χ0v) is 22.3. The molecule has 0 saturated heterocycles. The number of para-hydroxylation sites is 1. The third kappa shape index (κ3) is 5.39. The summed E-state index contributed by atoms with van der Waals surface area (Å²) in [7, 11) is 0. The van der Waals surface area contributed by atoms with Crippen molar-refractivity contribution in [1.82, 2.24) is 9.88 Å². The minimum Gasteiger partial charge on any atom is -0.454 e. The maximum Gasteiger partial charge on any atom is 0.231 e. The minimum absolute atomic E-state index is 0.00883. The number of carbonyl (C=O) groups is 1. The van der Waals surface area contributed by atoms with Gasteiger partial charge < -0.3 is 19.4 Å². The van der Waals surface area contributed by atoms with Crippen LogP contribution in [-0.4, -0.2) is 17.3 Å². The lowest BCUT2D eigenvalue weighted by Gasteiger charge is -2.18. The van der Waals surface area contributed by atoms with Gasteiger partial charge in [0, 0.05) is 42.5 Å². The van der Waals surface area contributed by atoms with E-state index in [4.69, 9.17) is 9.47 Å². The first-order valence-electron chi connectivity index (χ1n) is 13.4. The Kier molecular flexibility index (Phi) is 6.80. The van der Waals surface area contributed by atoms with Gasteiger partial charge in [-0.15, -0.1) is 0 Å². The Balaban J connectivity index is 1.30. The summed E-state index contributed by atoms with van der Waals surface area (Å²) in [5.74, 6) is 1.40. The van der Waals surface area contributed by atoms with E-state index >= 15 is 0 Å². The quantitative estimate of drug-likeness (QED) is 0.245. The van der Waals surface area contributed by atoms with E-state index in [1.807, 2.05) is 18.2 Å². The molecule has 1 amide bonds. The van der Waals surface area contributed by atoms with Crippen LogP contribution in [0, 0.1) is 13.8 Å². The Hall–Kier alpha value is -4.51. The summed E-state index contributed by atoms with van der Waals surface area (Å²) < 4.78 is 13.2. The van der Waals surface area contributed by atoms with E-state index in [0.717, 1.165) is 29.2 Å². The Morgan fingerprint density at radius 2 is 1.64 bits per heavy atom. The van der Waals surface area contributed by atoms with Crippen LogP contribution in [0.15, 0.2) is 97.2 Å². The van der Waals surface area contributed by atoms with Gasteiger partial charge in [-0.3, -0.25) is 4.79 Å². The number of benzene rings is 4. The van der Waals surface area contributed by atoms with Crippen LogP contribution in [0.5, 0.6) is 11.5 Å². The summed E-state index contributed by atoms with van der Waals surface area (Å²) in [4.78, 5) is 13.4. The lowest BCUT2D eigenvalue weighted by Crippen LogP contribution is -2.25. The van der Waals surface area contributed by atoms with Gasteiger partial charge in [-0.1, -0.05) is 83.9 Å². The molecule has 1 N–H and O–H groups in total. The Labute approximate surface area is 229 Å². The van der Waals surface area contributed by atoms with Crippen LogP contribution in [0.3, 0.4) is 0 Å². The van der Waals surface area contributed by atoms with Crippen molar-refractivity contribution < 1.29 is 14.3 Å². The molecule has 5 aromatic rings. The molecule has 0 spiro atoms. The molecule has 2 heterocycles. The van der Waals surface area contributed by atoms with E-state index in [2.05, 4.69) is 103 Å². The SMILES string of the molecule is Cc1ccc(Cn2cc([C@@H](CC(=O)NCc3ccc4c(c3)OCO4)c3cccc(C)c3)c3ccccc32)cc1. The highest BCUT2D eigenvalue weighted by molar-refractivity contribution is 5.87. The Morgan fingerprint density at radius 1 is 0.846 bits per heavy atom. The molecule has 0 unspecified atom stereocenters. The zero-order valence-electron chi connectivity index (χ0n) is 22.3. The summed E-state index contributed by atoms with van der Waals surface area (Å²) in [5, 5.41) is 4.31. The van der Waals surface area contributed by atoms with Crippen LogP contribution in [0.1, 0.15) is 45.7 Å². The van der Waals surface area contributed by atoms with Crippen LogP contribution in [-0.2, 0) is 17.9 Å². The maximum atomic E-state index is 13.4. The van der Waals surface area contributed by atoms with Crippen molar-refractivity contribution in [2.24, 2.45) is 0 Å². The summed E-state index contributed by atoms with van der Waals surface area (Å²) in [5.41, 5.74) is 8.15. The molecule has 0 aliphatic carbocycles. The molecular formula is C34H32N2O3. The predicted molar refractivity (Wildman–Crippen MR) is 154 cm³/mol. The van der Waals surface area contributed by atoms with E-state index in [9.17, 15) is 4.79 Å². The second kappa shape index (κ2) is 10.7. The van der Waals surface area contributed by atoms with E-state index in [0.29, 0.717) is 13.0 Å². The van der Waals surface area contributed by atoms with Crippen LogP contribution >= 0.6 is 0 Å². The van der Waals surface area contributed by atoms with Gasteiger partial charge in [0.25, 0.3) is 0 Å².